The van der Waals surface area contributed by atoms with E-state index >= 15 is 0 Å². The van der Waals surface area contributed by atoms with Gasteiger partial charge in [-0.15, -0.1) is 0 Å². The number of nitrogens with one attached hydrogen (secondary N) is 1. The Balaban J connectivity index is 3.25. The molecule has 1 aromatic carbocycles. The Morgan fingerprint density at radius 1 is 1.50 bits per heavy atom. The Morgan fingerprint density at radius 2 is 2.17 bits per heavy atom. The normalized spacial score (nSPS) is 9.50. The largest absolute Gasteiger partial charge is 0.495 e. The number of aryl methyl sites for hydroxylation is 1. The zero-order valence-electron chi connectivity index (χ0n) is 7.22. The third-order valence-electron chi connectivity index (χ3n) is 1.77. The molecular weight excluding hydrogens is 152 g/mol. The van der Waals surface area contributed by atoms with Crippen LogP contribution in [-0.2, 0) is 0 Å². The summed E-state index contributed by atoms with van der Waals surface area (Å²) in [5.74, 6) is 0.665. The average Bonchev–Trinajstić information content (AvgIpc) is 2.08. The van der Waals surface area contributed by atoms with Crippen molar-refractivity contribution in [3.63, 3.8) is 0 Å². The Hall–Kier alpha value is -1.51. The molecule has 12 heavy (non-hydrogen) atoms. The minimum absolute atomic E-state index is 0.571. The van der Waals surface area contributed by atoms with E-state index in [2.05, 4.69) is 0 Å². The van der Waals surface area contributed by atoms with Crippen LogP contribution in [-0.4, -0.2) is 13.3 Å². The minimum Gasteiger partial charge on any atom is -0.495 e. The van der Waals surface area contributed by atoms with Gasteiger partial charge in [0.25, 0.3) is 0 Å². The van der Waals surface area contributed by atoms with Crippen LogP contribution in [0.1, 0.15) is 11.1 Å². The predicted molar refractivity (Wildman–Crippen MR) is 50.0 cm³/mol. The van der Waals surface area contributed by atoms with E-state index in [-0.39, 0.29) is 0 Å². The van der Waals surface area contributed by atoms with Crippen LogP contribution in [0.25, 0.3) is 0 Å². The van der Waals surface area contributed by atoms with Crippen LogP contribution in [0.3, 0.4) is 0 Å². The molecule has 0 saturated heterocycles. The molecule has 64 valence electrons. The predicted octanol–water partition coefficient (Wildman–Crippen LogP) is 1.58. The first kappa shape index (κ1) is 8.59. The molecule has 0 heterocycles. The quantitative estimate of drug-likeness (QED) is 0.515. The van der Waals surface area contributed by atoms with Gasteiger partial charge in [0.05, 0.1) is 12.8 Å². The molecule has 0 aromatic heterocycles. The van der Waals surface area contributed by atoms with E-state index in [1.54, 1.807) is 13.2 Å². The van der Waals surface area contributed by atoms with E-state index in [0.29, 0.717) is 11.4 Å². The molecule has 0 bridgehead atoms. The maximum atomic E-state index is 7.09. The van der Waals surface area contributed by atoms with Crippen molar-refractivity contribution in [2.24, 2.45) is 0 Å². The molecule has 0 spiro atoms. The zero-order valence-corrected chi connectivity index (χ0v) is 7.22. The molecule has 0 radical (unpaired) electrons. The SMILES string of the molecule is COc1cc(C)c(C=N)cc1N. The van der Waals surface area contributed by atoms with Crippen LogP contribution < -0.4 is 10.5 Å². The monoisotopic (exact) mass is 164 g/mol. The van der Waals surface area contributed by atoms with Gasteiger partial charge in [-0.3, -0.25) is 0 Å². The number of rotatable bonds is 2. The standard InChI is InChI=1S/C9H12N2O/c1-6-3-9(12-2)8(11)4-7(6)5-10/h3-5,10H,11H2,1-2H3. The van der Waals surface area contributed by atoms with E-state index in [0.717, 1.165) is 11.1 Å². The fourth-order valence-electron chi connectivity index (χ4n) is 1.05. The molecule has 3 heteroatoms. The van der Waals surface area contributed by atoms with Gasteiger partial charge in [-0.2, -0.15) is 0 Å². The summed E-state index contributed by atoms with van der Waals surface area (Å²) in [6.07, 6.45) is 1.28. The van der Waals surface area contributed by atoms with Crippen molar-refractivity contribution in [1.29, 1.82) is 5.41 Å². The molecular formula is C9H12N2O. The van der Waals surface area contributed by atoms with Gasteiger partial charge in [-0.05, 0) is 30.2 Å². The van der Waals surface area contributed by atoms with Gasteiger partial charge >= 0.3 is 0 Å². The molecule has 0 amide bonds. The first-order valence-corrected chi connectivity index (χ1v) is 3.63. The highest BCUT2D eigenvalue weighted by atomic mass is 16.5. The maximum Gasteiger partial charge on any atom is 0.142 e. The number of anilines is 1. The first-order chi connectivity index (χ1) is 5.69. The second-order valence-electron chi connectivity index (χ2n) is 2.60. The summed E-state index contributed by atoms with van der Waals surface area (Å²) in [7, 11) is 1.58. The van der Waals surface area contributed by atoms with Gasteiger partial charge < -0.3 is 15.9 Å². The molecule has 0 atom stereocenters. The third-order valence-corrected chi connectivity index (χ3v) is 1.77. The minimum atomic E-state index is 0.571. The van der Waals surface area contributed by atoms with Crippen molar-refractivity contribution in [1.82, 2.24) is 0 Å². The number of nitrogen functional groups attached to an aromatic ring is 1. The molecule has 0 unspecified atom stereocenters. The summed E-state index contributed by atoms with van der Waals surface area (Å²) in [4.78, 5) is 0. The van der Waals surface area contributed by atoms with Crippen molar-refractivity contribution in [3.05, 3.63) is 23.3 Å². The molecule has 1 aromatic rings. The first-order valence-electron chi connectivity index (χ1n) is 3.63. The molecule has 0 fully saturated rings. The molecule has 1 rings (SSSR count). The highest BCUT2D eigenvalue weighted by molar-refractivity contribution is 5.82. The lowest BCUT2D eigenvalue weighted by molar-refractivity contribution is 0.416. The second-order valence-corrected chi connectivity index (χ2v) is 2.60. The number of ether oxygens (including phenoxy) is 1. The van der Waals surface area contributed by atoms with Gasteiger partial charge in [0.1, 0.15) is 5.75 Å². The smallest absolute Gasteiger partial charge is 0.142 e. The van der Waals surface area contributed by atoms with Crippen molar-refractivity contribution in [2.75, 3.05) is 12.8 Å². The van der Waals surface area contributed by atoms with Crippen molar-refractivity contribution in [3.8, 4) is 5.75 Å². The van der Waals surface area contributed by atoms with Gasteiger partial charge in [0, 0.05) is 6.21 Å². The number of methoxy groups -OCH3 is 1. The van der Waals surface area contributed by atoms with E-state index < -0.39 is 0 Å². The van der Waals surface area contributed by atoms with Crippen LogP contribution in [0.2, 0.25) is 0 Å². The van der Waals surface area contributed by atoms with E-state index in [1.165, 1.54) is 6.21 Å². The topological polar surface area (TPSA) is 59.1 Å². The van der Waals surface area contributed by atoms with Crippen LogP contribution in [0, 0.1) is 12.3 Å². The summed E-state index contributed by atoms with van der Waals surface area (Å²) in [5, 5.41) is 7.09. The number of benzene rings is 1. The van der Waals surface area contributed by atoms with Crippen molar-refractivity contribution >= 4 is 11.9 Å². The molecule has 0 aliphatic rings. The highest BCUT2D eigenvalue weighted by Gasteiger charge is 2.02. The van der Waals surface area contributed by atoms with Crippen LogP contribution >= 0.6 is 0 Å². The number of hydrogen-bond donors (Lipinski definition) is 2. The third kappa shape index (κ3) is 1.39. The lowest BCUT2D eigenvalue weighted by atomic mass is 10.1. The Morgan fingerprint density at radius 3 is 2.67 bits per heavy atom. The van der Waals surface area contributed by atoms with E-state index in [9.17, 15) is 0 Å². The van der Waals surface area contributed by atoms with Gasteiger partial charge in [-0.1, -0.05) is 0 Å². The van der Waals surface area contributed by atoms with E-state index in [1.807, 2.05) is 13.0 Å². The van der Waals surface area contributed by atoms with Crippen molar-refractivity contribution < 1.29 is 4.74 Å². The summed E-state index contributed by atoms with van der Waals surface area (Å²) in [5.41, 5.74) is 8.04. The van der Waals surface area contributed by atoms with E-state index in [4.69, 9.17) is 15.9 Å². The van der Waals surface area contributed by atoms with Gasteiger partial charge in [-0.25, -0.2) is 0 Å². The second kappa shape index (κ2) is 3.26. The Labute approximate surface area is 71.7 Å². The summed E-state index contributed by atoms with van der Waals surface area (Å²) in [6.45, 7) is 1.92. The average molecular weight is 164 g/mol. The lowest BCUT2D eigenvalue weighted by Gasteiger charge is -2.07. The van der Waals surface area contributed by atoms with Crippen LogP contribution in [0.5, 0.6) is 5.75 Å². The molecule has 3 nitrogen and oxygen atoms in total. The van der Waals surface area contributed by atoms with Gasteiger partial charge in [0.2, 0.25) is 0 Å². The Bertz CT molecular complexity index is 308. The summed E-state index contributed by atoms with van der Waals surface area (Å²) >= 11 is 0. The fourth-order valence-corrected chi connectivity index (χ4v) is 1.05. The zero-order chi connectivity index (χ0) is 9.14. The maximum absolute atomic E-state index is 7.09. The van der Waals surface area contributed by atoms with Crippen molar-refractivity contribution in [2.45, 2.75) is 6.92 Å². The molecule has 3 N–H and O–H groups in total. The summed E-state index contributed by atoms with van der Waals surface area (Å²) in [6, 6.07) is 3.57. The molecule has 0 aliphatic carbocycles. The number of hydrogen-bond acceptors (Lipinski definition) is 3. The Kier molecular flexibility index (Phi) is 2.33. The fraction of sp³-hybridized carbons (Fsp3) is 0.222. The number of nitrogens with two attached hydrogens (primary N) is 1. The summed E-state index contributed by atoms with van der Waals surface area (Å²) < 4.78 is 5.03. The highest BCUT2D eigenvalue weighted by Crippen LogP contribution is 2.24. The lowest BCUT2D eigenvalue weighted by Crippen LogP contribution is -1.96. The molecule has 0 aliphatic heterocycles. The molecule has 0 saturated carbocycles. The van der Waals surface area contributed by atoms with Crippen LogP contribution in [0.4, 0.5) is 5.69 Å². The van der Waals surface area contributed by atoms with Crippen LogP contribution in [0.15, 0.2) is 12.1 Å². The van der Waals surface area contributed by atoms with Gasteiger partial charge in [0.15, 0.2) is 0 Å².